The van der Waals surface area contributed by atoms with E-state index < -0.39 is 0 Å². The largest absolute Gasteiger partial charge is 0.465 e. The number of rotatable bonds is 5. The maximum absolute atomic E-state index is 6.08. The van der Waals surface area contributed by atoms with Crippen molar-refractivity contribution in [3.05, 3.63) is 11.8 Å². The molecule has 0 amide bonds. The van der Waals surface area contributed by atoms with Crippen LogP contribution < -0.4 is 11.1 Å². The fourth-order valence-electron chi connectivity index (χ4n) is 2.12. The van der Waals surface area contributed by atoms with Gasteiger partial charge in [0.2, 0.25) is 0 Å². The molecule has 1 aliphatic heterocycles. The lowest BCUT2D eigenvalue weighted by Crippen LogP contribution is -2.41. The van der Waals surface area contributed by atoms with Crippen molar-refractivity contribution in [2.75, 3.05) is 6.54 Å². The molecule has 108 valence electrons. The highest BCUT2D eigenvalue weighted by molar-refractivity contribution is 6.48. The Bertz CT molecular complexity index is 348. The Hall–Kier alpha value is -0.515. The molecule has 5 heteroatoms. The second-order valence-corrected chi connectivity index (χ2v) is 6.78. The van der Waals surface area contributed by atoms with Crippen molar-refractivity contribution in [2.24, 2.45) is 5.73 Å². The van der Waals surface area contributed by atoms with Gasteiger partial charge in [0.1, 0.15) is 0 Å². The van der Waals surface area contributed by atoms with E-state index in [0.717, 1.165) is 5.57 Å². The summed E-state index contributed by atoms with van der Waals surface area (Å²) in [5.74, 6) is 0.164. The van der Waals surface area contributed by atoms with E-state index in [0.29, 0.717) is 12.6 Å². The maximum Gasteiger partial charge on any atom is 0.465 e. The topological polar surface area (TPSA) is 56.5 Å². The van der Waals surface area contributed by atoms with Crippen LogP contribution in [-0.4, -0.2) is 30.9 Å². The SMILES string of the molecule is C[C@@H](B1OC(C)(C)C(C)(C)O1)C(=CNC1CC1)CN. The zero-order chi connectivity index (χ0) is 14.3. The highest BCUT2D eigenvalue weighted by Crippen LogP contribution is 2.41. The second kappa shape index (κ2) is 5.11. The predicted octanol–water partition coefficient (Wildman–Crippen LogP) is 2.06. The van der Waals surface area contributed by atoms with E-state index in [9.17, 15) is 0 Å². The minimum atomic E-state index is -0.282. The lowest BCUT2D eigenvalue weighted by Gasteiger charge is -2.32. The molecule has 0 radical (unpaired) electrons. The van der Waals surface area contributed by atoms with Crippen LogP contribution in [0.2, 0.25) is 5.82 Å². The molecule has 1 aliphatic carbocycles. The molecule has 1 atom stereocenters. The average Bonchev–Trinajstić information content (AvgIpc) is 3.08. The Labute approximate surface area is 117 Å². The highest BCUT2D eigenvalue weighted by Gasteiger charge is 2.53. The van der Waals surface area contributed by atoms with Crippen LogP contribution in [0.3, 0.4) is 0 Å². The summed E-state index contributed by atoms with van der Waals surface area (Å²) in [7, 11) is -0.221. The molecule has 2 rings (SSSR count). The first-order chi connectivity index (χ1) is 8.77. The van der Waals surface area contributed by atoms with Crippen molar-refractivity contribution in [2.45, 2.75) is 70.5 Å². The van der Waals surface area contributed by atoms with E-state index >= 15 is 0 Å². The zero-order valence-corrected chi connectivity index (χ0v) is 12.8. The van der Waals surface area contributed by atoms with Crippen molar-refractivity contribution in [1.82, 2.24) is 5.32 Å². The van der Waals surface area contributed by atoms with Crippen molar-refractivity contribution in [1.29, 1.82) is 0 Å². The summed E-state index contributed by atoms with van der Waals surface area (Å²) in [5, 5.41) is 3.40. The minimum absolute atomic E-state index is 0.164. The van der Waals surface area contributed by atoms with Crippen molar-refractivity contribution < 1.29 is 9.31 Å². The van der Waals surface area contributed by atoms with Crippen molar-refractivity contribution in [3.63, 3.8) is 0 Å². The third-order valence-corrected chi connectivity index (χ3v) is 4.58. The zero-order valence-electron chi connectivity index (χ0n) is 12.8. The van der Waals surface area contributed by atoms with Gasteiger partial charge in [0, 0.05) is 18.4 Å². The van der Waals surface area contributed by atoms with Crippen LogP contribution in [0.15, 0.2) is 11.8 Å². The Morgan fingerprint density at radius 2 is 1.84 bits per heavy atom. The van der Waals surface area contributed by atoms with Crippen molar-refractivity contribution in [3.8, 4) is 0 Å². The fraction of sp³-hybridized carbons (Fsp3) is 0.857. The molecule has 19 heavy (non-hydrogen) atoms. The standard InChI is InChI=1S/C14H27BN2O2/c1-10(11(8-16)9-17-12-6-7-12)15-18-13(2,3)14(4,5)19-15/h9-10,12,17H,6-8,16H2,1-5H3/t10-/m1/s1. The third-order valence-electron chi connectivity index (χ3n) is 4.58. The summed E-state index contributed by atoms with van der Waals surface area (Å²) in [6.07, 6.45) is 4.59. The highest BCUT2D eigenvalue weighted by atomic mass is 16.7. The summed E-state index contributed by atoms with van der Waals surface area (Å²) >= 11 is 0. The van der Waals surface area contributed by atoms with Gasteiger partial charge in [-0.1, -0.05) is 6.92 Å². The molecule has 1 saturated heterocycles. The van der Waals surface area contributed by atoms with Gasteiger partial charge in [0.05, 0.1) is 11.2 Å². The molecular weight excluding hydrogens is 239 g/mol. The summed E-state index contributed by atoms with van der Waals surface area (Å²) < 4.78 is 12.2. The molecule has 0 unspecified atom stereocenters. The van der Waals surface area contributed by atoms with Crippen molar-refractivity contribution >= 4 is 7.12 Å². The van der Waals surface area contributed by atoms with Gasteiger partial charge in [-0.2, -0.15) is 0 Å². The normalized spacial score (nSPS) is 27.5. The number of nitrogens with one attached hydrogen (secondary N) is 1. The molecule has 4 nitrogen and oxygen atoms in total. The molecule has 3 N–H and O–H groups in total. The lowest BCUT2D eigenvalue weighted by atomic mass is 9.69. The first kappa shape index (κ1) is 14.9. The van der Waals surface area contributed by atoms with Gasteiger partial charge in [-0.05, 0) is 52.3 Å². The van der Waals surface area contributed by atoms with Gasteiger partial charge in [-0.15, -0.1) is 0 Å². The minimum Gasteiger partial charge on any atom is -0.403 e. The van der Waals surface area contributed by atoms with E-state index in [-0.39, 0.29) is 24.1 Å². The fourth-order valence-corrected chi connectivity index (χ4v) is 2.12. The summed E-state index contributed by atoms with van der Waals surface area (Å²) in [6.45, 7) is 11.0. The van der Waals surface area contributed by atoms with E-state index in [4.69, 9.17) is 15.0 Å². The van der Waals surface area contributed by atoms with Crippen LogP contribution in [0.25, 0.3) is 0 Å². The Morgan fingerprint density at radius 3 is 2.26 bits per heavy atom. The Balaban J connectivity index is 2.02. The van der Waals surface area contributed by atoms with Crippen LogP contribution in [0, 0.1) is 0 Å². The van der Waals surface area contributed by atoms with Crippen LogP contribution in [-0.2, 0) is 9.31 Å². The van der Waals surface area contributed by atoms with E-state index in [1.54, 1.807) is 0 Å². The number of hydrogen-bond acceptors (Lipinski definition) is 4. The van der Waals surface area contributed by atoms with E-state index in [1.165, 1.54) is 12.8 Å². The molecule has 0 bridgehead atoms. The Morgan fingerprint density at radius 1 is 1.32 bits per heavy atom. The molecule has 0 aromatic heterocycles. The Kier molecular flexibility index (Phi) is 4.01. The molecule has 0 aromatic carbocycles. The van der Waals surface area contributed by atoms with Crippen LogP contribution in [0.5, 0.6) is 0 Å². The molecule has 2 aliphatic rings. The lowest BCUT2D eigenvalue weighted by molar-refractivity contribution is 0.00578. The molecule has 1 saturated carbocycles. The second-order valence-electron chi connectivity index (χ2n) is 6.78. The number of hydrogen-bond donors (Lipinski definition) is 2. The van der Waals surface area contributed by atoms with Crippen LogP contribution >= 0.6 is 0 Å². The van der Waals surface area contributed by atoms with Gasteiger partial charge in [-0.3, -0.25) is 0 Å². The average molecular weight is 266 g/mol. The monoisotopic (exact) mass is 266 g/mol. The summed E-state index contributed by atoms with van der Waals surface area (Å²) in [4.78, 5) is 0. The first-order valence-corrected chi connectivity index (χ1v) is 7.27. The first-order valence-electron chi connectivity index (χ1n) is 7.27. The molecule has 1 heterocycles. The van der Waals surface area contributed by atoms with E-state index in [1.807, 2.05) is 0 Å². The quantitative estimate of drug-likeness (QED) is 0.748. The number of nitrogens with two attached hydrogens (primary N) is 1. The summed E-state index contributed by atoms with van der Waals surface area (Å²) in [6, 6.07) is 0.645. The van der Waals surface area contributed by atoms with Gasteiger partial charge in [-0.25, -0.2) is 0 Å². The third kappa shape index (κ3) is 3.15. The van der Waals surface area contributed by atoms with Gasteiger partial charge < -0.3 is 20.4 Å². The van der Waals surface area contributed by atoms with Crippen LogP contribution in [0.4, 0.5) is 0 Å². The van der Waals surface area contributed by atoms with E-state index in [2.05, 4.69) is 46.1 Å². The van der Waals surface area contributed by atoms with Gasteiger partial charge >= 0.3 is 7.12 Å². The van der Waals surface area contributed by atoms with Crippen LogP contribution in [0.1, 0.15) is 47.5 Å². The summed E-state index contributed by atoms with van der Waals surface area (Å²) in [5.41, 5.74) is 6.46. The predicted molar refractivity (Wildman–Crippen MR) is 78.8 cm³/mol. The molecular formula is C14H27BN2O2. The molecule has 0 aromatic rings. The smallest absolute Gasteiger partial charge is 0.403 e. The van der Waals surface area contributed by atoms with Gasteiger partial charge in [0.25, 0.3) is 0 Å². The molecule has 2 fully saturated rings. The molecule has 0 spiro atoms. The van der Waals surface area contributed by atoms with Gasteiger partial charge in [0.15, 0.2) is 0 Å². The maximum atomic E-state index is 6.08.